The fourth-order valence-corrected chi connectivity index (χ4v) is 11.5. The molecule has 0 aliphatic carbocycles. The monoisotopic (exact) mass is 1250 g/mol. The van der Waals surface area contributed by atoms with Crippen molar-refractivity contribution in [3.05, 3.63) is 0 Å². The van der Waals surface area contributed by atoms with Crippen molar-refractivity contribution in [2.45, 2.75) is 355 Å². The summed E-state index contributed by atoms with van der Waals surface area (Å²) >= 11 is 0. The zero-order valence-electron chi connectivity index (χ0n) is 54.7. The molecule has 0 radical (unpaired) electrons. The average Bonchev–Trinajstić information content (AvgIpc) is 3.51. The second-order valence-electron chi connectivity index (χ2n) is 24.3. The molecular formula is C66H128O17P2. The van der Waals surface area contributed by atoms with E-state index in [1.54, 1.807) is 0 Å². The zero-order valence-corrected chi connectivity index (χ0v) is 56.5. The second kappa shape index (κ2) is 59.7. The Hall–Kier alpha value is -1.94. The molecule has 85 heavy (non-hydrogen) atoms. The van der Waals surface area contributed by atoms with Crippen LogP contribution in [-0.4, -0.2) is 96.7 Å². The topological polar surface area (TPSA) is 237 Å². The minimum absolute atomic E-state index is 0.106. The summed E-state index contributed by atoms with van der Waals surface area (Å²) in [5.74, 6) is -1.39. The molecule has 0 fully saturated rings. The summed E-state index contributed by atoms with van der Waals surface area (Å²) in [5, 5.41) is 10.5. The molecule has 0 spiro atoms. The van der Waals surface area contributed by atoms with Crippen molar-refractivity contribution >= 4 is 39.5 Å². The molecule has 0 saturated heterocycles. The van der Waals surface area contributed by atoms with Gasteiger partial charge in [0.2, 0.25) is 0 Å². The Morgan fingerprint density at radius 3 is 0.800 bits per heavy atom. The quantitative estimate of drug-likeness (QED) is 0.0222. The van der Waals surface area contributed by atoms with Crippen molar-refractivity contribution in [2.24, 2.45) is 5.92 Å². The lowest BCUT2D eigenvalue weighted by molar-refractivity contribution is -0.161. The molecular weight excluding hydrogens is 1130 g/mol. The molecule has 0 aliphatic heterocycles. The summed E-state index contributed by atoms with van der Waals surface area (Å²) in [6.07, 6.45) is 44.5. The Morgan fingerprint density at radius 1 is 0.318 bits per heavy atom. The summed E-state index contributed by atoms with van der Waals surface area (Å²) in [6.45, 7) is 7.16. The summed E-state index contributed by atoms with van der Waals surface area (Å²) in [6, 6.07) is 0. The first-order valence-corrected chi connectivity index (χ1v) is 37.6. The van der Waals surface area contributed by atoms with Gasteiger partial charge in [-0.1, -0.05) is 285 Å². The third-order valence-electron chi connectivity index (χ3n) is 15.3. The van der Waals surface area contributed by atoms with Gasteiger partial charge in [0, 0.05) is 25.7 Å². The van der Waals surface area contributed by atoms with E-state index in [1.807, 2.05) is 0 Å². The van der Waals surface area contributed by atoms with Crippen LogP contribution in [0.4, 0.5) is 0 Å². The Morgan fingerprint density at radius 2 is 0.541 bits per heavy atom. The number of unbranched alkanes of at least 4 members (excludes halogenated alkanes) is 38. The molecule has 17 nitrogen and oxygen atoms in total. The molecule has 0 rings (SSSR count). The van der Waals surface area contributed by atoms with Gasteiger partial charge in [-0.2, -0.15) is 0 Å². The van der Waals surface area contributed by atoms with Crippen LogP contribution in [0.15, 0.2) is 0 Å². The fraction of sp³-hybridized carbons (Fsp3) is 0.939. The summed E-state index contributed by atoms with van der Waals surface area (Å²) < 4.78 is 68.0. The van der Waals surface area contributed by atoms with Crippen molar-refractivity contribution in [1.82, 2.24) is 0 Å². The molecule has 0 heterocycles. The molecule has 0 amide bonds. The van der Waals surface area contributed by atoms with Crippen LogP contribution >= 0.6 is 15.6 Å². The predicted molar refractivity (Wildman–Crippen MR) is 340 cm³/mol. The minimum atomic E-state index is -4.95. The molecule has 0 aliphatic rings. The Labute approximate surface area is 517 Å². The van der Waals surface area contributed by atoms with E-state index in [9.17, 15) is 43.2 Å². The number of hydrogen-bond acceptors (Lipinski definition) is 15. The summed E-state index contributed by atoms with van der Waals surface area (Å²) in [5.41, 5.74) is 0. The van der Waals surface area contributed by atoms with E-state index < -0.39 is 97.5 Å². The Bertz CT molecular complexity index is 1650. The molecule has 2 unspecified atom stereocenters. The first kappa shape index (κ1) is 83.1. The molecule has 0 saturated carbocycles. The van der Waals surface area contributed by atoms with Gasteiger partial charge in [0.1, 0.15) is 19.3 Å². The van der Waals surface area contributed by atoms with Gasteiger partial charge in [-0.25, -0.2) is 9.13 Å². The highest BCUT2D eigenvalue weighted by molar-refractivity contribution is 7.47. The van der Waals surface area contributed by atoms with Gasteiger partial charge in [-0.3, -0.25) is 37.3 Å². The molecule has 0 aromatic rings. The highest BCUT2D eigenvalue weighted by Crippen LogP contribution is 2.45. The second-order valence-corrected chi connectivity index (χ2v) is 27.2. The van der Waals surface area contributed by atoms with Crippen LogP contribution in [0.2, 0.25) is 0 Å². The van der Waals surface area contributed by atoms with Crippen LogP contribution in [0.5, 0.6) is 0 Å². The number of phosphoric acid groups is 2. The number of aliphatic hydroxyl groups excluding tert-OH is 1. The highest BCUT2D eigenvalue weighted by atomic mass is 31.2. The van der Waals surface area contributed by atoms with Crippen LogP contribution in [0.1, 0.15) is 336 Å². The number of rotatable bonds is 66. The summed E-state index contributed by atoms with van der Waals surface area (Å²) in [4.78, 5) is 72.2. The third kappa shape index (κ3) is 60.7. The van der Waals surface area contributed by atoms with E-state index in [0.29, 0.717) is 25.7 Å². The van der Waals surface area contributed by atoms with Crippen LogP contribution in [0.3, 0.4) is 0 Å². The first-order valence-electron chi connectivity index (χ1n) is 34.6. The van der Waals surface area contributed by atoms with E-state index >= 15 is 0 Å². The molecule has 504 valence electrons. The first-order chi connectivity index (χ1) is 41.0. The number of ether oxygens (including phenoxy) is 4. The van der Waals surface area contributed by atoms with E-state index in [2.05, 4.69) is 34.6 Å². The normalized spacial score (nSPS) is 14.2. The fourth-order valence-electron chi connectivity index (χ4n) is 9.94. The number of carbonyl (C=O) groups excluding carboxylic acids is 4. The Balaban J connectivity index is 5.20. The SMILES string of the molecule is CCCCCCCCCCCCCCCCCCC(=O)O[C@H](COC(=O)CCCCCCCCCCCC(C)C)COP(=O)(O)OC[C@@H](O)COP(=O)(O)OC[C@@H](COC(=O)CCCCCCCCCC)OC(=O)CCCCCCCCCCC. The van der Waals surface area contributed by atoms with Gasteiger partial charge in [0.05, 0.1) is 26.4 Å². The molecule has 3 N–H and O–H groups in total. The average molecular weight is 1260 g/mol. The van der Waals surface area contributed by atoms with Crippen molar-refractivity contribution in [1.29, 1.82) is 0 Å². The predicted octanol–water partition coefficient (Wildman–Crippen LogP) is 18.6. The number of hydrogen-bond donors (Lipinski definition) is 3. The van der Waals surface area contributed by atoms with Crippen molar-refractivity contribution in [2.75, 3.05) is 39.6 Å². The maximum Gasteiger partial charge on any atom is 0.472 e. The lowest BCUT2D eigenvalue weighted by Crippen LogP contribution is -2.30. The molecule has 5 atom stereocenters. The highest BCUT2D eigenvalue weighted by Gasteiger charge is 2.30. The van der Waals surface area contributed by atoms with E-state index in [0.717, 1.165) is 102 Å². The lowest BCUT2D eigenvalue weighted by atomic mass is 10.0. The van der Waals surface area contributed by atoms with E-state index in [4.69, 9.17) is 37.0 Å². The van der Waals surface area contributed by atoms with Gasteiger partial charge >= 0.3 is 39.5 Å². The molecule has 0 bridgehead atoms. The van der Waals surface area contributed by atoms with Gasteiger partial charge in [0.25, 0.3) is 0 Å². The molecule has 0 aromatic heterocycles. The van der Waals surface area contributed by atoms with Gasteiger partial charge in [-0.05, 0) is 31.6 Å². The lowest BCUT2D eigenvalue weighted by Gasteiger charge is -2.21. The van der Waals surface area contributed by atoms with Gasteiger partial charge in [-0.15, -0.1) is 0 Å². The molecule has 0 aromatic carbocycles. The van der Waals surface area contributed by atoms with Gasteiger partial charge < -0.3 is 33.8 Å². The standard InChI is InChI=1S/C66H128O17P2/c1-6-9-12-15-18-21-22-23-24-25-26-27-31-37-42-47-52-66(71)83-62(56-77-64(69)50-45-40-35-32-28-30-33-38-43-48-59(4)5)58-81-85(74,75)79-54-60(67)53-78-84(72,73)80-57-61(55-76-63(68)49-44-39-34-20-17-14-11-8-3)82-65(70)51-46-41-36-29-19-16-13-10-7-2/h59-62,67H,6-58H2,1-5H3,(H,72,73)(H,74,75)/t60-,61+,62+/m0/s1. The molecule has 19 heteroatoms. The van der Waals surface area contributed by atoms with Crippen molar-refractivity contribution in [3.63, 3.8) is 0 Å². The van der Waals surface area contributed by atoms with E-state index in [-0.39, 0.29) is 25.7 Å². The van der Waals surface area contributed by atoms with Crippen LogP contribution in [0.25, 0.3) is 0 Å². The van der Waals surface area contributed by atoms with Crippen molar-refractivity contribution < 1.29 is 80.2 Å². The van der Waals surface area contributed by atoms with Crippen LogP contribution in [0, 0.1) is 5.92 Å². The largest absolute Gasteiger partial charge is 0.472 e. The smallest absolute Gasteiger partial charge is 0.462 e. The number of phosphoric ester groups is 2. The van der Waals surface area contributed by atoms with Crippen LogP contribution in [-0.2, 0) is 65.4 Å². The number of aliphatic hydroxyl groups is 1. The number of carbonyl (C=O) groups is 4. The summed E-state index contributed by atoms with van der Waals surface area (Å²) in [7, 11) is -9.88. The van der Waals surface area contributed by atoms with Gasteiger partial charge in [0.15, 0.2) is 12.2 Å². The maximum atomic E-state index is 13.0. The number of esters is 4. The zero-order chi connectivity index (χ0) is 62.8. The maximum absolute atomic E-state index is 13.0. The van der Waals surface area contributed by atoms with Crippen LogP contribution < -0.4 is 0 Å². The third-order valence-corrected chi connectivity index (χ3v) is 17.2. The Kier molecular flexibility index (Phi) is 58.3. The van der Waals surface area contributed by atoms with E-state index in [1.165, 1.54) is 154 Å². The van der Waals surface area contributed by atoms with Crippen molar-refractivity contribution in [3.8, 4) is 0 Å². The minimum Gasteiger partial charge on any atom is -0.462 e.